The molecule has 0 unspecified atom stereocenters. The Kier molecular flexibility index (Phi) is 6.52. The second-order valence-electron chi connectivity index (χ2n) is 6.77. The first-order valence-electron chi connectivity index (χ1n) is 9.21. The van der Waals surface area contributed by atoms with Gasteiger partial charge in [0.05, 0.1) is 11.6 Å². The Hall–Kier alpha value is -2.60. The Bertz CT molecular complexity index is 828. The van der Waals surface area contributed by atoms with Gasteiger partial charge >= 0.3 is 6.18 Å². The van der Waals surface area contributed by atoms with Crippen LogP contribution in [0.4, 0.5) is 13.2 Å². The number of hydrogen-bond acceptors (Lipinski definition) is 3. The molecule has 28 heavy (non-hydrogen) atoms. The number of rotatable bonds is 7. The third-order valence-electron chi connectivity index (χ3n) is 4.65. The maximum Gasteiger partial charge on any atom is 0.416 e. The van der Waals surface area contributed by atoms with Crippen LogP contribution in [0.2, 0.25) is 0 Å². The minimum Gasteiger partial charge on any atom is -0.489 e. The molecule has 2 aromatic rings. The zero-order chi connectivity index (χ0) is 20.0. The molecular formula is C22H22F3NO2. The van der Waals surface area contributed by atoms with Crippen LogP contribution in [0.1, 0.15) is 29.5 Å². The summed E-state index contributed by atoms with van der Waals surface area (Å²) < 4.78 is 43.5. The van der Waals surface area contributed by atoms with Gasteiger partial charge in [-0.25, -0.2) is 0 Å². The van der Waals surface area contributed by atoms with Crippen molar-refractivity contribution in [1.82, 2.24) is 5.32 Å². The van der Waals surface area contributed by atoms with Crippen LogP contribution in [0.15, 0.2) is 60.7 Å². The van der Waals surface area contributed by atoms with Crippen LogP contribution >= 0.6 is 0 Å². The van der Waals surface area contributed by atoms with Crippen molar-refractivity contribution in [3.63, 3.8) is 0 Å². The molecule has 1 aliphatic rings. The van der Waals surface area contributed by atoms with Crippen molar-refractivity contribution in [2.24, 2.45) is 0 Å². The Morgan fingerprint density at radius 1 is 1.07 bits per heavy atom. The van der Waals surface area contributed by atoms with E-state index < -0.39 is 11.7 Å². The molecule has 1 aliphatic heterocycles. The predicted molar refractivity (Wildman–Crippen MR) is 101 cm³/mol. The van der Waals surface area contributed by atoms with E-state index in [1.165, 1.54) is 12.1 Å². The van der Waals surface area contributed by atoms with Crippen LogP contribution in [0.5, 0.6) is 5.75 Å². The summed E-state index contributed by atoms with van der Waals surface area (Å²) in [7, 11) is 0. The molecule has 0 radical (unpaired) electrons. The van der Waals surface area contributed by atoms with E-state index in [0.717, 1.165) is 30.7 Å². The quantitative estimate of drug-likeness (QED) is 0.698. The van der Waals surface area contributed by atoms with Gasteiger partial charge in [0.15, 0.2) is 0 Å². The summed E-state index contributed by atoms with van der Waals surface area (Å²) >= 11 is 0. The fourth-order valence-corrected chi connectivity index (χ4v) is 3.04. The van der Waals surface area contributed by atoms with E-state index in [2.05, 4.69) is 5.32 Å². The number of halogens is 3. The molecule has 1 N–H and O–H groups in total. The molecule has 0 fully saturated rings. The van der Waals surface area contributed by atoms with E-state index in [1.807, 2.05) is 30.4 Å². The number of ether oxygens (including phenoxy) is 1. The normalized spacial score (nSPS) is 16.8. The summed E-state index contributed by atoms with van der Waals surface area (Å²) in [6.45, 7) is 0.905. The topological polar surface area (TPSA) is 38.3 Å². The number of carbonyl (C=O) groups is 1. The average Bonchev–Trinajstić information content (AvgIpc) is 2.71. The van der Waals surface area contributed by atoms with E-state index >= 15 is 0 Å². The van der Waals surface area contributed by atoms with Crippen molar-refractivity contribution in [2.45, 2.75) is 38.1 Å². The number of carbonyl (C=O) groups excluding carboxylic acids is 1. The zero-order valence-electron chi connectivity index (χ0n) is 15.3. The standard InChI is InChI=1S/C22H22F3NO2/c23-22(24,25)18-10-7-17(8-11-18)15-28-19-5-3-4-16(14-19)9-12-21(27)20-6-1-2-13-26-20/h1-5,7-8,10-11,14,20,26H,6,9,12-13,15H2/t20-/m0/s1. The number of hydrogen-bond donors (Lipinski definition) is 1. The zero-order valence-corrected chi connectivity index (χ0v) is 15.3. The predicted octanol–water partition coefficient (Wildman–Crippen LogP) is 4.70. The van der Waals surface area contributed by atoms with Crippen molar-refractivity contribution in [3.8, 4) is 5.75 Å². The van der Waals surface area contributed by atoms with Gasteiger partial charge in [-0.15, -0.1) is 0 Å². The summed E-state index contributed by atoms with van der Waals surface area (Å²) in [5.41, 5.74) is 0.973. The highest BCUT2D eigenvalue weighted by atomic mass is 19.4. The fraction of sp³-hybridized carbons (Fsp3) is 0.318. The molecule has 0 amide bonds. The van der Waals surface area contributed by atoms with E-state index in [1.54, 1.807) is 6.07 Å². The Labute approximate surface area is 162 Å². The third kappa shape index (κ3) is 5.70. The van der Waals surface area contributed by atoms with Crippen molar-refractivity contribution in [1.29, 1.82) is 0 Å². The van der Waals surface area contributed by atoms with Gasteiger partial charge in [0.2, 0.25) is 0 Å². The van der Waals surface area contributed by atoms with Crippen LogP contribution in [0.25, 0.3) is 0 Å². The molecule has 148 valence electrons. The molecule has 3 nitrogen and oxygen atoms in total. The van der Waals surface area contributed by atoms with Crippen LogP contribution in [0, 0.1) is 0 Å². The monoisotopic (exact) mass is 389 g/mol. The average molecular weight is 389 g/mol. The summed E-state index contributed by atoms with van der Waals surface area (Å²) in [6, 6.07) is 12.3. The van der Waals surface area contributed by atoms with E-state index in [-0.39, 0.29) is 18.4 Å². The number of ketones is 1. The number of aryl methyl sites for hydroxylation is 1. The lowest BCUT2D eigenvalue weighted by Crippen LogP contribution is -2.38. The summed E-state index contributed by atoms with van der Waals surface area (Å²) in [6.07, 6.45) is 1.51. The molecule has 0 bridgehead atoms. The van der Waals surface area contributed by atoms with Crippen molar-refractivity contribution in [3.05, 3.63) is 77.4 Å². The lowest BCUT2D eigenvalue weighted by molar-refractivity contribution is -0.137. The number of benzene rings is 2. The molecule has 0 aliphatic carbocycles. The largest absolute Gasteiger partial charge is 0.489 e. The van der Waals surface area contributed by atoms with Gasteiger partial charge in [0.1, 0.15) is 18.1 Å². The molecule has 1 atom stereocenters. The number of nitrogens with one attached hydrogen (secondary N) is 1. The van der Waals surface area contributed by atoms with Gasteiger partial charge in [-0.3, -0.25) is 4.79 Å². The molecule has 0 aromatic heterocycles. The van der Waals surface area contributed by atoms with Crippen LogP contribution < -0.4 is 10.1 Å². The molecule has 0 spiro atoms. The van der Waals surface area contributed by atoms with Gasteiger partial charge in [-0.1, -0.05) is 36.4 Å². The summed E-state index contributed by atoms with van der Waals surface area (Å²) in [5, 5.41) is 3.19. The van der Waals surface area contributed by atoms with Crippen LogP contribution in [0.3, 0.4) is 0 Å². The van der Waals surface area contributed by atoms with E-state index in [4.69, 9.17) is 4.74 Å². The minimum absolute atomic E-state index is 0.107. The molecule has 0 saturated carbocycles. The second-order valence-corrected chi connectivity index (χ2v) is 6.77. The third-order valence-corrected chi connectivity index (χ3v) is 4.65. The second kappa shape index (κ2) is 9.06. The number of Topliss-reactive ketones (excluding diaryl/α,β-unsaturated/α-hetero) is 1. The van der Waals surface area contributed by atoms with Gasteiger partial charge in [0, 0.05) is 13.0 Å². The first kappa shape index (κ1) is 20.1. The van der Waals surface area contributed by atoms with Gasteiger partial charge < -0.3 is 10.1 Å². The molecule has 1 heterocycles. The fourth-order valence-electron chi connectivity index (χ4n) is 3.04. The van der Waals surface area contributed by atoms with Gasteiger partial charge in [-0.05, 0) is 48.2 Å². The van der Waals surface area contributed by atoms with Crippen molar-refractivity contribution >= 4 is 5.78 Å². The highest BCUT2D eigenvalue weighted by Crippen LogP contribution is 2.29. The Balaban J connectivity index is 1.51. The summed E-state index contributed by atoms with van der Waals surface area (Å²) in [5.74, 6) is 0.823. The maximum absolute atomic E-state index is 12.6. The van der Waals surface area contributed by atoms with E-state index in [9.17, 15) is 18.0 Å². The van der Waals surface area contributed by atoms with Crippen molar-refractivity contribution < 1.29 is 22.7 Å². The molecule has 6 heteroatoms. The highest BCUT2D eigenvalue weighted by molar-refractivity contribution is 5.84. The number of alkyl halides is 3. The molecule has 3 rings (SSSR count). The Morgan fingerprint density at radius 3 is 2.54 bits per heavy atom. The molecular weight excluding hydrogens is 367 g/mol. The summed E-state index contributed by atoms with van der Waals surface area (Å²) in [4.78, 5) is 12.3. The van der Waals surface area contributed by atoms with Crippen LogP contribution in [-0.2, 0) is 24.0 Å². The van der Waals surface area contributed by atoms with Crippen LogP contribution in [-0.4, -0.2) is 18.4 Å². The highest BCUT2D eigenvalue weighted by Gasteiger charge is 2.29. The van der Waals surface area contributed by atoms with Gasteiger partial charge in [0.25, 0.3) is 0 Å². The van der Waals surface area contributed by atoms with E-state index in [0.29, 0.717) is 24.2 Å². The lowest BCUT2D eigenvalue weighted by Gasteiger charge is -2.18. The molecule has 2 aromatic carbocycles. The first-order valence-corrected chi connectivity index (χ1v) is 9.21. The van der Waals surface area contributed by atoms with Gasteiger partial charge in [-0.2, -0.15) is 13.2 Å². The maximum atomic E-state index is 12.6. The van der Waals surface area contributed by atoms with Crippen molar-refractivity contribution in [2.75, 3.05) is 6.54 Å². The first-order chi connectivity index (χ1) is 13.4. The Morgan fingerprint density at radius 2 is 1.86 bits per heavy atom. The lowest BCUT2D eigenvalue weighted by atomic mass is 9.99. The smallest absolute Gasteiger partial charge is 0.416 e. The SMILES string of the molecule is O=C(CCc1cccc(OCc2ccc(C(F)(F)F)cc2)c1)[C@@H]1CC=CCN1. The molecule has 0 saturated heterocycles. The minimum atomic E-state index is -4.34.